The molecule has 2 N–H and O–H groups in total. The Labute approximate surface area is 184 Å². The van der Waals surface area contributed by atoms with Crippen molar-refractivity contribution in [1.82, 2.24) is 10.3 Å². The molecule has 1 aliphatic heterocycles. The number of nitrogens with zero attached hydrogens (tertiary/aromatic N) is 2. The average Bonchev–Trinajstić information content (AvgIpc) is 3.29. The molecule has 0 bridgehead atoms. The minimum Gasteiger partial charge on any atom is -0.349 e. The number of anilines is 2. The third-order valence-electron chi connectivity index (χ3n) is 5.03. The van der Waals surface area contributed by atoms with E-state index in [-0.39, 0.29) is 22.5 Å². The number of thiazole rings is 1. The largest absolute Gasteiger partial charge is 0.349 e. The number of halogens is 1. The second-order valence-electron chi connectivity index (χ2n) is 7.19. The van der Waals surface area contributed by atoms with E-state index in [0.717, 1.165) is 37.1 Å². The molecule has 0 radical (unpaired) electrons. The highest BCUT2D eigenvalue weighted by atomic mass is 32.2. The fraction of sp³-hybridized carbons (Fsp3) is 0.238. The van der Waals surface area contributed by atoms with Crippen molar-refractivity contribution in [2.75, 3.05) is 22.7 Å². The summed E-state index contributed by atoms with van der Waals surface area (Å²) < 4.78 is 40.5. The van der Waals surface area contributed by atoms with Crippen LogP contribution in [0.25, 0.3) is 0 Å². The van der Waals surface area contributed by atoms with Crippen LogP contribution in [0.15, 0.2) is 65.0 Å². The van der Waals surface area contributed by atoms with E-state index in [1.807, 2.05) is 5.38 Å². The highest BCUT2D eigenvalue weighted by Gasteiger charge is 2.22. The van der Waals surface area contributed by atoms with E-state index in [9.17, 15) is 17.6 Å². The normalized spacial score (nSPS) is 14.9. The molecule has 1 aromatic heterocycles. The van der Waals surface area contributed by atoms with Crippen molar-refractivity contribution in [1.29, 1.82) is 0 Å². The Kier molecular flexibility index (Phi) is 6.19. The van der Waals surface area contributed by atoms with Gasteiger partial charge in [0.15, 0.2) is 5.13 Å². The van der Waals surface area contributed by atoms with E-state index in [2.05, 4.69) is 19.9 Å². The molecule has 4 rings (SSSR count). The Bertz CT molecular complexity index is 1140. The maximum absolute atomic E-state index is 13.3. The summed E-state index contributed by atoms with van der Waals surface area (Å²) >= 11 is 1.61. The van der Waals surface area contributed by atoms with Gasteiger partial charge >= 0.3 is 0 Å². The summed E-state index contributed by atoms with van der Waals surface area (Å²) in [7, 11) is -3.92. The van der Waals surface area contributed by atoms with Crippen LogP contribution in [0.5, 0.6) is 0 Å². The summed E-state index contributed by atoms with van der Waals surface area (Å²) in [6.07, 6.45) is 3.45. The van der Waals surface area contributed by atoms with Crippen molar-refractivity contribution >= 4 is 38.1 Å². The summed E-state index contributed by atoms with van der Waals surface area (Å²) in [5.74, 6) is -0.834. The first-order chi connectivity index (χ1) is 14.9. The van der Waals surface area contributed by atoms with Gasteiger partial charge in [-0.05, 0) is 55.3 Å². The smallest absolute Gasteiger partial charge is 0.261 e. The van der Waals surface area contributed by atoms with Crippen LogP contribution < -0.4 is 14.9 Å². The molecule has 0 spiro atoms. The van der Waals surface area contributed by atoms with Crippen molar-refractivity contribution in [2.45, 2.75) is 23.8 Å². The molecule has 1 saturated heterocycles. The van der Waals surface area contributed by atoms with Crippen LogP contribution in [0.1, 0.15) is 23.2 Å². The lowest BCUT2D eigenvalue weighted by Crippen LogP contribution is -2.44. The minimum absolute atomic E-state index is 0.0786. The lowest BCUT2D eigenvalue weighted by molar-refractivity contribution is 0.0931. The van der Waals surface area contributed by atoms with Crippen LogP contribution in [-0.4, -0.2) is 38.4 Å². The number of carbonyl (C=O) groups excluding carboxylic acids is 1. The summed E-state index contributed by atoms with van der Waals surface area (Å²) in [5.41, 5.74) is 0.730. The van der Waals surface area contributed by atoms with Gasteiger partial charge < -0.3 is 10.2 Å². The van der Waals surface area contributed by atoms with Crippen molar-refractivity contribution in [3.63, 3.8) is 0 Å². The number of rotatable bonds is 6. The van der Waals surface area contributed by atoms with Crippen LogP contribution >= 0.6 is 11.3 Å². The van der Waals surface area contributed by atoms with Gasteiger partial charge in [-0.2, -0.15) is 0 Å². The third kappa shape index (κ3) is 5.20. The van der Waals surface area contributed by atoms with Gasteiger partial charge in [0.25, 0.3) is 15.9 Å². The van der Waals surface area contributed by atoms with Gasteiger partial charge in [-0.15, -0.1) is 11.3 Å². The van der Waals surface area contributed by atoms with Gasteiger partial charge in [-0.1, -0.05) is 6.07 Å². The monoisotopic (exact) mass is 460 g/mol. The first-order valence-corrected chi connectivity index (χ1v) is 12.1. The van der Waals surface area contributed by atoms with E-state index in [1.165, 1.54) is 30.3 Å². The molecule has 1 amide bonds. The second-order valence-corrected chi connectivity index (χ2v) is 9.75. The van der Waals surface area contributed by atoms with Gasteiger partial charge in [0.05, 0.1) is 4.90 Å². The molecule has 10 heteroatoms. The SMILES string of the molecule is O=C(NC1CCN(c2nccs2)CC1)c1ccc(NS(=O)(=O)c2cccc(F)c2)cc1. The van der Waals surface area contributed by atoms with Crippen LogP contribution in [0.4, 0.5) is 15.2 Å². The molecule has 2 aromatic carbocycles. The number of benzene rings is 2. The summed E-state index contributed by atoms with van der Waals surface area (Å²) in [5, 5.41) is 5.99. The molecule has 162 valence electrons. The molecule has 2 heterocycles. The number of nitrogens with one attached hydrogen (secondary N) is 2. The predicted molar refractivity (Wildman–Crippen MR) is 118 cm³/mol. The average molecular weight is 461 g/mol. The number of hydrogen-bond acceptors (Lipinski definition) is 6. The van der Waals surface area contributed by atoms with Gasteiger partial charge in [0.2, 0.25) is 0 Å². The Morgan fingerprint density at radius 2 is 1.87 bits per heavy atom. The molecule has 7 nitrogen and oxygen atoms in total. The predicted octanol–water partition coefficient (Wildman–Crippen LogP) is 3.48. The second kappa shape index (κ2) is 9.03. The number of sulfonamides is 1. The van der Waals surface area contributed by atoms with Crippen LogP contribution in [-0.2, 0) is 10.0 Å². The summed E-state index contributed by atoms with van der Waals surface area (Å²) in [6.45, 7) is 1.67. The maximum atomic E-state index is 13.3. The molecular weight excluding hydrogens is 439 g/mol. The molecule has 1 aliphatic rings. The molecule has 0 aliphatic carbocycles. The van der Waals surface area contributed by atoms with E-state index in [1.54, 1.807) is 29.7 Å². The summed E-state index contributed by atoms with van der Waals surface area (Å²) in [6, 6.07) is 11.0. The number of hydrogen-bond donors (Lipinski definition) is 2. The first-order valence-electron chi connectivity index (χ1n) is 9.74. The third-order valence-corrected chi connectivity index (χ3v) is 7.24. The standard InChI is InChI=1S/C21H21FN4O3S2/c22-16-2-1-3-19(14-16)31(28,29)25-18-6-4-15(5-7-18)20(27)24-17-8-11-26(12-9-17)21-23-10-13-30-21/h1-7,10,13-14,17,25H,8-9,11-12H2,(H,24,27). The van der Waals surface area contributed by atoms with Crippen LogP contribution in [0.2, 0.25) is 0 Å². The number of piperidine rings is 1. The quantitative estimate of drug-likeness (QED) is 0.588. The van der Waals surface area contributed by atoms with E-state index in [4.69, 9.17) is 0 Å². The zero-order valence-corrected chi connectivity index (χ0v) is 18.1. The molecular formula is C21H21FN4O3S2. The molecule has 0 unspecified atom stereocenters. The van der Waals surface area contributed by atoms with Crippen molar-refractivity contribution in [3.8, 4) is 0 Å². The number of amides is 1. The van der Waals surface area contributed by atoms with Crippen molar-refractivity contribution in [3.05, 3.63) is 71.5 Å². The molecule has 0 atom stereocenters. The molecule has 1 fully saturated rings. The minimum atomic E-state index is -3.92. The van der Waals surface area contributed by atoms with Gasteiger partial charge in [-0.25, -0.2) is 17.8 Å². The van der Waals surface area contributed by atoms with Gasteiger partial charge in [0, 0.05) is 42.0 Å². The first kappa shape index (κ1) is 21.3. The van der Waals surface area contributed by atoms with Crippen LogP contribution in [0, 0.1) is 5.82 Å². The highest BCUT2D eigenvalue weighted by Crippen LogP contribution is 2.22. The topological polar surface area (TPSA) is 91.4 Å². The fourth-order valence-electron chi connectivity index (χ4n) is 3.39. The molecule has 0 saturated carbocycles. The Balaban J connectivity index is 1.33. The number of carbonyl (C=O) groups is 1. The Morgan fingerprint density at radius 1 is 1.13 bits per heavy atom. The van der Waals surface area contributed by atoms with E-state index in [0.29, 0.717) is 5.56 Å². The van der Waals surface area contributed by atoms with Gasteiger partial charge in [0.1, 0.15) is 5.82 Å². The number of aromatic nitrogens is 1. The zero-order chi connectivity index (χ0) is 21.8. The lowest BCUT2D eigenvalue weighted by atomic mass is 10.0. The highest BCUT2D eigenvalue weighted by molar-refractivity contribution is 7.92. The molecule has 31 heavy (non-hydrogen) atoms. The zero-order valence-electron chi connectivity index (χ0n) is 16.5. The Morgan fingerprint density at radius 3 is 2.52 bits per heavy atom. The van der Waals surface area contributed by atoms with E-state index >= 15 is 0 Å². The fourth-order valence-corrected chi connectivity index (χ4v) is 5.18. The van der Waals surface area contributed by atoms with Crippen molar-refractivity contribution in [2.24, 2.45) is 0 Å². The van der Waals surface area contributed by atoms with E-state index < -0.39 is 15.8 Å². The molecule has 3 aromatic rings. The van der Waals surface area contributed by atoms with Crippen LogP contribution in [0.3, 0.4) is 0 Å². The van der Waals surface area contributed by atoms with Crippen molar-refractivity contribution < 1.29 is 17.6 Å². The lowest BCUT2D eigenvalue weighted by Gasteiger charge is -2.32. The Hall–Kier alpha value is -2.98. The summed E-state index contributed by atoms with van der Waals surface area (Å²) in [4.78, 5) is 18.9. The maximum Gasteiger partial charge on any atom is 0.261 e. The van der Waals surface area contributed by atoms with Gasteiger partial charge in [-0.3, -0.25) is 9.52 Å².